The maximum Gasteiger partial charge on any atom is 0.406 e. The van der Waals surface area contributed by atoms with Gasteiger partial charge in [0.25, 0.3) is 5.91 Å². The summed E-state index contributed by atoms with van der Waals surface area (Å²) < 4.78 is 37.5. The van der Waals surface area contributed by atoms with Crippen molar-refractivity contribution < 1.29 is 27.9 Å². The second kappa shape index (κ2) is 6.12. The molecule has 1 rings (SSSR count). The van der Waals surface area contributed by atoms with Crippen LogP contribution in [0, 0.1) is 0 Å². The lowest BCUT2D eigenvalue weighted by molar-refractivity contribution is -0.149. The van der Waals surface area contributed by atoms with Gasteiger partial charge in [0, 0.05) is 15.7 Å². The maximum absolute atomic E-state index is 12.4. The van der Waals surface area contributed by atoms with E-state index >= 15 is 0 Å². The lowest BCUT2D eigenvalue weighted by atomic mass is 10.1. The molecule has 0 aliphatic heterocycles. The van der Waals surface area contributed by atoms with Crippen molar-refractivity contribution in [3.05, 3.63) is 28.2 Å². The summed E-state index contributed by atoms with van der Waals surface area (Å²) in [7, 11) is 0. The molecule has 0 radical (unpaired) electrons. The zero-order valence-corrected chi connectivity index (χ0v) is 11.5. The molecular weight excluding hydrogens is 345 g/mol. The third-order valence-corrected chi connectivity index (χ3v) is 2.61. The Hall–Kier alpha value is -1.77. The molecule has 0 atom stereocenters. The third-order valence-electron chi connectivity index (χ3n) is 2.15. The molecule has 0 aliphatic carbocycles. The second-order valence-corrected chi connectivity index (χ2v) is 4.86. The van der Waals surface area contributed by atoms with Gasteiger partial charge in [-0.3, -0.25) is 9.59 Å². The summed E-state index contributed by atoms with van der Waals surface area (Å²) in [6, 6.07) is 3.91. The Morgan fingerprint density at radius 1 is 1.30 bits per heavy atom. The van der Waals surface area contributed by atoms with Crippen molar-refractivity contribution >= 4 is 33.5 Å². The zero-order valence-electron chi connectivity index (χ0n) is 9.95. The van der Waals surface area contributed by atoms with Crippen molar-refractivity contribution in [2.75, 3.05) is 18.8 Å². The van der Waals surface area contributed by atoms with Crippen LogP contribution in [0.2, 0.25) is 0 Å². The van der Waals surface area contributed by atoms with Gasteiger partial charge in [0.1, 0.15) is 13.1 Å². The zero-order chi connectivity index (χ0) is 15.5. The highest BCUT2D eigenvalue weighted by atomic mass is 79.9. The highest BCUT2D eigenvalue weighted by molar-refractivity contribution is 9.10. The summed E-state index contributed by atoms with van der Waals surface area (Å²) in [6.45, 7) is -2.70. The van der Waals surface area contributed by atoms with Gasteiger partial charge in [0.15, 0.2) is 0 Å². The number of carboxylic acids is 1. The van der Waals surface area contributed by atoms with Gasteiger partial charge in [0.2, 0.25) is 0 Å². The Labute approximate surface area is 120 Å². The maximum atomic E-state index is 12.4. The third kappa shape index (κ3) is 5.08. The van der Waals surface area contributed by atoms with Crippen LogP contribution >= 0.6 is 15.9 Å². The minimum atomic E-state index is -4.69. The van der Waals surface area contributed by atoms with Crippen molar-refractivity contribution in [2.24, 2.45) is 0 Å². The molecule has 0 aromatic heterocycles. The SMILES string of the molecule is Nc1cc(Br)cc(C(=O)N(CC(=O)O)CC(F)(F)F)c1. The van der Waals surface area contributed by atoms with Crippen LogP contribution in [0.4, 0.5) is 18.9 Å². The second-order valence-electron chi connectivity index (χ2n) is 3.94. The number of carbonyl (C=O) groups is 2. The van der Waals surface area contributed by atoms with Crippen LogP contribution in [0.1, 0.15) is 10.4 Å². The molecule has 0 bridgehead atoms. The molecule has 0 heterocycles. The van der Waals surface area contributed by atoms with E-state index in [2.05, 4.69) is 15.9 Å². The number of hydrogen-bond acceptors (Lipinski definition) is 3. The van der Waals surface area contributed by atoms with E-state index in [1.54, 1.807) is 0 Å². The van der Waals surface area contributed by atoms with Crippen molar-refractivity contribution in [3.8, 4) is 0 Å². The predicted octanol–water partition coefficient (Wildman–Crippen LogP) is 2.12. The summed E-state index contributed by atoms with van der Waals surface area (Å²) in [6.07, 6.45) is -4.69. The Morgan fingerprint density at radius 3 is 2.35 bits per heavy atom. The number of carbonyl (C=O) groups excluding carboxylic acids is 1. The van der Waals surface area contributed by atoms with Gasteiger partial charge >= 0.3 is 12.1 Å². The topological polar surface area (TPSA) is 83.6 Å². The van der Waals surface area contributed by atoms with Gasteiger partial charge in [-0.15, -0.1) is 0 Å². The summed E-state index contributed by atoms with van der Waals surface area (Å²) in [5, 5.41) is 8.59. The number of aliphatic carboxylic acids is 1. The Morgan fingerprint density at radius 2 is 1.90 bits per heavy atom. The van der Waals surface area contributed by atoms with Gasteiger partial charge in [0.05, 0.1) is 0 Å². The first-order chi connectivity index (χ1) is 9.08. The number of nitrogen functional groups attached to an aromatic ring is 1. The molecule has 0 saturated carbocycles. The number of rotatable bonds is 4. The Kier molecular flexibility index (Phi) is 4.98. The van der Waals surface area contributed by atoms with Crippen molar-refractivity contribution in [2.45, 2.75) is 6.18 Å². The molecule has 1 amide bonds. The number of amides is 1. The number of benzene rings is 1. The summed E-state index contributed by atoms with van der Waals surface area (Å²) in [5.74, 6) is -2.59. The average Bonchev–Trinajstić information content (AvgIpc) is 2.23. The molecule has 0 saturated heterocycles. The van der Waals surface area contributed by atoms with Crippen molar-refractivity contribution in [1.29, 1.82) is 0 Å². The van der Waals surface area contributed by atoms with E-state index in [0.717, 1.165) is 0 Å². The molecule has 0 fully saturated rings. The molecule has 5 nitrogen and oxygen atoms in total. The number of anilines is 1. The number of hydrogen-bond donors (Lipinski definition) is 2. The minimum absolute atomic E-state index is 0.123. The van der Waals surface area contributed by atoms with E-state index in [-0.39, 0.29) is 16.2 Å². The molecule has 3 N–H and O–H groups in total. The van der Waals surface area contributed by atoms with E-state index in [9.17, 15) is 22.8 Å². The molecule has 0 spiro atoms. The fourth-order valence-corrected chi connectivity index (χ4v) is 2.01. The first kappa shape index (κ1) is 16.3. The average molecular weight is 355 g/mol. The smallest absolute Gasteiger partial charge is 0.406 e. The summed E-state index contributed by atoms with van der Waals surface area (Å²) >= 11 is 3.05. The largest absolute Gasteiger partial charge is 0.480 e. The van der Waals surface area contributed by atoms with E-state index in [1.807, 2.05) is 0 Å². The van der Waals surface area contributed by atoms with Crippen LogP contribution < -0.4 is 5.73 Å². The molecule has 9 heteroatoms. The van der Waals surface area contributed by atoms with Crippen LogP contribution in [0.15, 0.2) is 22.7 Å². The first-order valence-electron chi connectivity index (χ1n) is 5.22. The fourth-order valence-electron chi connectivity index (χ4n) is 1.50. The molecule has 1 aromatic rings. The molecular formula is C11H10BrF3N2O3. The normalized spacial score (nSPS) is 11.2. The van der Waals surface area contributed by atoms with Crippen LogP contribution in [0.3, 0.4) is 0 Å². The lowest BCUT2D eigenvalue weighted by Gasteiger charge is -2.22. The number of nitrogens with two attached hydrogens (primary N) is 1. The van der Waals surface area contributed by atoms with Crippen molar-refractivity contribution in [1.82, 2.24) is 4.90 Å². The van der Waals surface area contributed by atoms with Crippen LogP contribution in [0.25, 0.3) is 0 Å². The van der Waals surface area contributed by atoms with Crippen LogP contribution in [0.5, 0.6) is 0 Å². The van der Waals surface area contributed by atoms with Gasteiger partial charge in [-0.25, -0.2) is 0 Å². The van der Waals surface area contributed by atoms with Crippen LogP contribution in [-0.4, -0.2) is 41.1 Å². The van der Waals surface area contributed by atoms with E-state index < -0.39 is 31.1 Å². The number of nitrogens with zero attached hydrogens (tertiary/aromatic N) is 1. The lowest BCUT2D eigenvalue weighted by Crippen LogP contribution is -2.42. The first-order valence-corrected chi connectivity index (χ1v) is 6.01. The van der Waals surface area contributed by atoms with Crippen molar-refractivity contribution in [3.63, 3.8) is 0 Å². The summed E-state index contributed by atoms with van der Waals surface area (Å²) in [4.78, 5) is 22.7. The van der Waals surface area contributed by atoms with Gasteiger partial charge < -0.3 is 15.7 Å². The highest BCUT2D eigenvalue weighted by Gasteiger charge is 2.34. The van der Waals surface area contributed by atoms with Gasteiger partial charge in [-0.05, 0) is 18.2 Å². The summed E-state index contributed by atoms with van der Waals surface area (Å²) in [5.41, 5.74) is 5.54. The molecule has 0 unspecified atom stereocenters. The Bertz CT molecular complexity index is 514. The van der Waals surface area contributed by atoms with Gasteiger partial charge in [-0.2, -0.15) is 13.2 Å². The van der Waals surface area contributed by atoms with E-state index in [1.165, 1.54) is 18.2 Å². The molecule has 0 aliphatic rings. The van der Waals surface area contributed by atoms with E-state index in [0.29, 0.717) is 4.47 Å². The minimum Gasteiger partial charge on any atom is -0.480 e. The highest BCUT2D eigenvalue weighted by Crippen LogP contribution is 2.21. The molecule has 110 valence electrons. The number of alkyl halides is 3. The van der Waals surface area contributed by atoms with E-state index in [4.69, 9.17) is 10.8 Å². The van der Waals surface area contributed by atoms with Gasteiger partial charge in [-0.1, -0.05) is 15.9 Å². The predicted molar refractivity (Wildman–Crippen MR) is 68.1 cm³/mol. The fraction of sp³-hybridized carbons (Fsp3) is 0.273. The number of carboxylic acid groups (broad SMARTS) is 1. The quantitative estimate of drug-likeness (QED) is 0.811. The molecule has 1 aromatic carbocycles. The Balaban J connectivity index is 3.06. The standard InChI is InChI=1S/C11H10BrF3N2O3/c12-7-1-6(2-8(16)3-7)10(20)17(4-9(18)19)5-11(13,14)15/h1-3H,4-5,16H2,(H,18,19). The molecule has 20 heavy (non-hydrogen) atoms. The number of halogens is 4. The monoisotopic (exact) mass is 354 g/mol. The van der Waals surface area contributed by atoms with Crippen LogP contribution in [-0.2, 0) is 4.79 Å².